The monoisotopic (exact) mass is 384 g/mol. The topological polar surface area (TPSA) is 113 Å². The highest BCUT2D eigenvalue weighted by atomic mass is 35.5. The maximum absolute atomic E-state index is 12.7. The van der Waals surface area contributed by atoms with Crippen LogP contribution in [0.2, 0.25) is 5.02 Å². The van der Waals surface area contributed by atoms with E-state index in [1.807, 2.05) is 24.3 Å². The number of halogens is 1. The Balaban J connectivity index is 1.51. The van der Waals surface area contributed by atoms with E-state index in [4.69, 9.17) is 17.3 Å². The molecule has 27 heavy (non-hydrogen) atoms. The van der Waals surface area contributed by atoms with Gasteiger partial charge in [0.2, 0.25) is 17.7 Å². The number of carbonyl (C=O) groups is 3. The molecular formula is C19H17ClN4O3. The fraction of sp³-hybridized carbons (Fsp3) is 0.211. The Morgan fingerprint density at radius 3 is 2.74 bits per heavy atom. The van der Waals surface area contributed by atoms with Gasteiger partial charge in [-0.05, 0) is 36.2 Å². The first kappa shape index (κ1) is 17.5. The summed E-state index contributed by atoms with van der Waals surface area (Å²) in [6, 6.07) is 11.5. The number of nitrogens with two attached hydrogens (primary N) is 1. The fourth-order valence-corrected chi connectivity index (χ4v) is 4.02. The van der Waals surface area contributed by atoms with Gasteiger partial charge in [-0.1, -0.05) is 29.8 Å². The van der Waals surface area contributed by atoms with Gasteiger partial charge >= 0.3 is 0 Å². The number of fused-ring (bicyclic) bond motifs is 2. The van der Waals surface area contributed by atoms with E-state index < -0.39 is 17.4 Å². The maximum Gasteiger partial charge on any atom is 0.250 e. The molecule has 1 saturated heterocycles. The van der Waals surface area contributed by atoms with Crippen LogP contribution in [0.4, 0.5) is 11.4 Å². The number of anilines is 2. The third-order valence-corrected chi connectivity index (χ3v) is 5.46. The number of carbonyl (C=O) groups excluding carboxylic acids is 3. The molecular weight excluding hydrogens is 368 g/mol. The van der Waals surface area contributed by atoms with Gasteiger partial charge in [-0.15, -0.1) is 0 Å². The zero-order valence-corrected chi connectivity index (χ0v) is 15.0. The van der Waals surface area contributed by atoms with E-state index in [1.165, 1.54) is 12.1 Å². The molecule has 0 aliphatic carbocycles. The van der Waals surface area contributed by atoms with Crippen LogP contribution in [0, 0.1) is 0 Å². The van der Waals surface area contributed by atoms with Crippen molar-refractivity contribution in [2.24, 2.45) is 5.73 Å². The Hall–Kier alpha value is -2.90. The number of amides is 3. The van der Waals surface area contributed by atoms with Crippen molar-refractivity contribution in [1.82, 2.24) is 5.32 Å². The summed E-state index contributed by atoms with van der Waals surface area (Å²) in [5.74, 6) is -1.00. The van der Waals surface area contributed by atoms with Gasteiger partial charge in [0.25, 0.3) is 0 Å². The van der Waals surface area contributed by atoms with Gasteiger partial charge in [-0.2, -0.15) is 0 Å². The average molecular weight is 385 g/mol. The number of rotatable bonds is 3. The number of benzene rings is 2. The lowest BCUT2D eigenvalue weighted by molar-refractivity contribution is -0.120. The van der Waals surface area contributed by atoms with Crippen LogP contribution < -0.4 is 21.7 Å². The van der Waals surface area contributed by atoms with Crippen LogP contribution in [-0.2, 0) is 15.0 Å². The molecule has 2 heterocycles. The Labute approximate surface area is 160 Å². The molecule has 2 aromatic carbocycles. The summed E-state index contributed by atoms with van der Waals surface area (Å²) in [5.41, 5.74) is 6.82. The Kier molecular flexibility index (Phi) is 4.13. The van der Waals surface area contributed by atoms with Gasteiger partial charge < -0.3 is 21.7 Å². The minimum absolute atomic E-state index is 0.0969. The van der Waals surface area contributed by atoms with Crippen LogP contribution in [-0.4, -0.2) is 30.3 Å². The predicted molar refractivity (Wildman–Crippen MR) is 102 cm³/mol. The van der Waals surface area contributed by atoms with E-state index in [0.29, 0.717) is 18.7 Å². The van der Waals surface area contributed by atoms with Crippen molar-refractivity contribution in [3.63, 3.8) is 0 Å². The van der Waals surface area contributed by atoms with Crippen molar-refractivity contribution in [3.8, 4) is 0 Å². The standard InChI is InChI=1S/C19H17ClN4O3/c20-13-7-10(5-6-11(13)16(21)25)23-17(26)15-8-19(9-22-15)12-3-1-2-4-14(12)24-18(19)27/h1-7,15,22H,8-9H2,(H2,21,25)(H,23,26)(H,24,27). The lowest BCUT2D eigenvalue weighted by Crippen LogP contribution is -2.36. The van der Waals surface area contributed by atoms with E-state index in [-0.39, 0.29) is 22.4 Å². The van der Waals surface area contributed by atoms with Gasteiger partial charge in [0.05, 0.1) is 22.0 Å². The minimum atomic E-state index is -0.744. The van der Waals surface area contributed by atoms with Gasteiger partial charge in [-0.3, -0.25) is 14.4 Å². The molecule has 2 atom stereocenters. The molecule has 2 unspecified atom stereocenters. The zero-order chi connectivity index (χ0) is 19.2. The second-order valence-corrected chi connectivity index (χ2v) is 7.17. The molecule has 0 saturated carbocycles. The molecule has 2 aliphatic heterocycles. The van der Waals surface area contributed by atoms with Crippen LogP contribution in [0.25, 0.3) is 0 Å². The largest absolute Gasteiger partial charge is 0.366 e. The van der Waals surface area contributed by atoms with Gasteiger partial charge in [0.1, 0.15) is 0 Å². The molecule has 138 valence electrons. The van der Waals surface area contributed by atoms with E-state index in [2.05, 4.69) is 16.0 Å². The highest BCUT2D eigenvalue weighted by Crippen LogP contribution is 2.43. The maximum atomic E-state index is 12.7. The Morgan fingerprint density at radius 1 is 1.22 bits per heavy atom. The zero-order valence-electron chi connectivity index (χ0n) is 14.2. The van der Waals surface area contributed by atoms with E-state index in [9.17, 15) is 14.4 Å². The number of hydrogen-bond acceptors (Lipinski definition) is 4. The number of hydrogen-bond donors (Lipinski definition) is 4. The number of nitrogens with one attached hydrogen (secondary N) is 3. The SMILES string of the molecule is NC(=O)c1ccc(NC(=O)C2CC3(CN2)C(=O)Nc2ccccc23)cc1Cl. The summed E-state index contributed by atoms with van der Waals surface area (Å²) >= 11 is 6.02. The summed E-state index contributed by atoms with van der Waals surface area (Å²) in [6.45, 7) is 0.384. The molecule has 4 rings (SSSR count). The van der Waals surface area contributed by atoms with Crippen LogP contribution in [0.3, 0.4) is 0 Å². The molecule has 8 heteroatoms. The summed E-state index contributed by atoms with van der Waals surface area (Å²) in [5, 5.41) is 8.97. The normalized spacial score (nSPS) is 23.1. The summed E-state index contributed by atoms with van der Waals surface area (Å²) in [7, 11) is 0. The molecule has 5 N–H and O–H groups in total. The van der Waals surface area contributed by atoms with Crippen LogP contribution in [0.5, 0.6) is 0 Å². The Morgan fingerprint density at radius 2 is 2.00 bits per heavy atom. The first-order chi connectivity index (χ1) is 12.9. The molecule has 1 spiro atoms. The second-order valence-electron chi connectivity index (χ2n) is 6.77. The predicted octanol–water partition coefficient (Wildman–Crippen LogP) is 1.63. The number of primary amides is 1. The molecule has 2 aromatic rings. The minimum Gasteiger partial charge on any atom is -0.366 e. The van der Waals surface area contributed by atoms with Crippen LogP contribution in [0.1, 0.15) is 22.3 Å². The van der Waals surface area contributed by atoms with Crippen molar-refractivity contribution in [3.05, 3.63) is 58.6 Å². The van der Waals surface area contributed by atoms with Crippen molar-refractivity contribution in [1.29, 1.82) is 0 Å². The first-order valence-corrected chi connectivity index (χ1v) is 8.83. The third kappa shape index (κ3) is 2.85. The average Bonchev–Trinajstić information content (AvgIpc) is 3.19. The van der Waals surface area contributed by atoms with Crippen LogP contribution in [0.15, 0.2) is 42.5 Å². The van der Waals surface area contributed by atoms with Crippen molar-refractivity contribution >= 4 is 40.7 Å². The smallest absolute Gasteiger partial charge is 0.250 e. The van der Waals surface area contributed by atoms with Crippen molar-refractivity contribution in [2.75, 3.05) is 17.2 Å². The van der Waals surface area contributed by atoms with E-state index in [1.54, 1.807) is 6.07 Å². The van der Waals surface area contributed by atoms with Crippen molar-refractivity contribution < 1.29 is 14.4 Å². The van der Waals surface area contributed by atoms with Gasteiger partial charge in [0.15, 0.2) is 0 Å². The molecule has 1 fully saturated rings. The number of para-hydroxylation sites is 1. The van der Waals surface area contributed by atoms with Gasteiger partial charge in [0, 0.05) is 17.9 Å². The summed E-state index contributed by atoms with van der Waals surface area (Å²) in [4.78, 5) is 36.5. The van der Waals surface area contributed by atoms with Gasteiger partial charge in [-0.25, -0.2) is 0 Å². The molecule has 2 aliphatic rings. The summed E-state index contributed by atoms with van der Waals surface area (Å²) in [6.07, 6.45) is 0.356. The lowest BCUT2D eigenvalue weighted by Gasteiger charge is -2.20. The molecule has 3 amide bonds. The highest BCUT2D eigenvalue weighted by Gasteiger charge is 2.52. The quantitative estimate of drug-likeness (QED) is 0.644. The second kappa shape index (κ2) is 6.37. The molecule has 7 nitrogen and oxygen atoms in total. The lowest BCUT2D eigenvalue weighted by atomic mass is 9.79. The van der Waals surface area contributed by atoms with Crippen LogP contribution >= 0.6 is 11.6 Å². The molecule has 0 aromatic heterocycles. The van der Waals surface area contributed by atoms with E-state index in [0.717, 1.165) is 11.3 Å². The summed E-state index contributed by atoms with van der Waals surface area (Å²) < 4.78 is 0. The van der Waals surface area contributed by atoms with E-state index >= 15 is 0 Å². The Bertz CT molecular complexity index is 977. The third-order valence-electron chi connectivity index (χ3n) is 5.15. The van der Waals surface area contributed by atoms with Crippen molar-refractivity contribution in [2.45, 2.75) is 17.9 Å². The fourth-order valence-electron chi connectivity index (χ4n) is 3.75. The highest BCUT2D eigenvalue weighted by molar-refractivity contribution is 6.34. The first-order valence-electron chi connectivity index (χ1n) is 8.45. The molecule has 0 radical (unpaired) electrons. The molecule has 0 bridgehead atoms.